The number of carbonyl (C=O) groups is 3. The zero-order valence-corrected chi connectivity index (χ0v) is 21.1. The van der Waals surface area contributed by atoms with Gasteiger partial charge in [0.25, 0.3) is 11.8 Å². The van der Waals surface area contributed by atoms with Crippen LogP contribution in [0.5, 0.6) is 0 Å². The van der Waals surface area contributed by atoms with E-state index in [9.17, 15) is 14.4 Å². The second kappa shape index (κ2) is 8.57. The van der Waals surface area contributed by atoms with Crippen molar-refractivity contribution < 1.29 is 14.4 Å². The summed E-state index contributed by atoms with van der Waals surface area (Å²) in [6, 6.07) is 15.2. The molecule has 0 aromatic heterocycles. The van der Waals surface area contributed by atoms with Crippen molar-refractivity contribution >= 4 is 35.3 Å². The Labute approximate surface area is 217 Å². The molecule has 0 spiro atoms. The van der Waals surface area contributed by atoms with E-state index >= 15 is 0 Å². The van der Waals surface area contributed by atoms with Crippen LogP contribution in [0.2, 0.25) is 0 Å². The normalized spacial score (nSPS) is 31.9. The minimum absolute atomic E-state index is 0.0290. The number of barbiturate groups is 1. The maximum Gasteiger partial charge on any atom is 0.335 e. The molecule has 6 heteroatoms. The van der Waals surface area contributed by atoms with Crippen molar-refractivity contribution in [1.82, 2.24) is 5.32 Å². The summed E-state index contributed by atoms with van der Waals surface area (Å²) in [5, 5.41) is 2.36. The van der Waals surface area contributed by atoms with E-state index in [0.29, 0.717) is 5.69 Å². The second-order valence-electron chi connectivity index (χ2n) is 12.0. The highest BCUT2D eigenvalue weighted by Crippen LogP contribution is 2.60. The van der Waals surface area contributed by atoms with Gasteiger partial charge < -0.3 is 4.90 Å². The molecule has 8 rings (SSSR count). The van der Waals surface area contributed by atoms with Crippen molar-refractivity contribution in [2.45, 2.75) is 56.8 Å². The van der Waals surface area contributed by atoms with Crippen molar-refractivity contribution in [3.63, 3.8) is 0 Å². The van der Waals surface area contributed by atoms with Crippen LogP contribution in [0, 0.1) is 17.8 Å². The summed E-state index contributed by atoms with van der Waals surface area (Å²) in [5.74, 6) is 1.32. The average molecular weight is 496 g/mol. The number of carbonyl (C=O) groups excluding carboxylic acids is 3. The van der Waals surface area contributed by atoms with Gasteiger partial charge in [-0.15, -0.1) is 0 Å². The quantitative estimate of drug-likeness (QED) is 0.454. The van der Waals surface area contributed by atoms with E-state index in [0.717, 1.165) is 47.0 Å². The lowest BCUT2D eigenvalue weighted by Crippen LogP contribution is -2.54. The molecule has 6 nitrogen and oxygen atoms in total. The molecule has 190 valence electrons. The molecule has 1 N–H and O–H groups in total. The third-order valence-electron chi connectivity index (χ3n) is 9.55. The van der Waals surface area contributed by atoms with Crippen LogP contribution >= 0.6 is 0 Å². The van der Waals surface area contributed by atoms with Crippen LogP contribution in [0.4, 0.5) is 16.2 Å². The standard InChI is InChI=1S/C31H33N3O3/c35-28-27(16-20-3-7-25(8-4-20)33-11-1-2-12-33)29(36)34(30(37)32-28)26-9-5-24(6-10-26)31-17-21-13-22(18-31)15-23(14-21)19-31/h3-10,16,21-23H,1-2,11-15,17-19H2,(H,32,35,37)/b27-16-. The summed E-state index contributed by atoms with van der Waals surface area (Å²) in [4.78, 5) is 42.2. The number of benzene rings is 2. The van der Waals surface area contributed by atoms with Crippen LogP contribution < -0.4 is 15.1 Å². The van der Waals surface area contributed by atoms with E-state index in [1.54, 1.807) is 6.08 Å². The molecule has 2 saturated heterocycles. The van der Waals surface area contributed by atoms with E-state index < -0.39 is 17.8 Å². The minimum atomic E-state index is -0.695. The van der Waals surface area contributed by atoms with Crippen molar-refractivity contribution in [1.29, 1.82) is 0 Å². The molecule has 4 amide bonds. The highest BCUT2D eigenvalue weighted by Gasteiger charge is 2.51. The Balaban J connectivity index is 1.13. The molecule has 6 aliphatic rings. The first-order valence-electron chi connectivity index (χ1n) is 13.8. The predicted molar refractivity (Wildman–Crippen MR) is 143 cm³/mol. The van der Waals surface area contributed by atoms with Gasteiger partial charge in [-0.3, -0.25) is 14.9 Å². The van der Waals surface area contributed by atoms with Crippen LogP contribution in [0.3, 0.4) is 0 Å². The van der Waals surface area contributed by atoms with Crippen molar-refractivity contribution in [2.24, 2.45) is 17.8 Å². The third kappa shape index (κ3) is 3.89. The number of anilines is 2. The lowest BCUT2D eigenvalue weighted by molar-refractivity contribution is -0.122. The molecule has 2 heterocycles. The van der Waals surface area contributed by atoms with Gasteiger partial charge in [0.15, 0.2) is 0 Å². The summed E-state index contributed by atoms with van der Waals surface area (Å²) in [6.45, 7) is 2.11. The summed E-state index contributed by atoms with van der Waals surface area (Å²) >= 11 is 0. The number of hydrogen-bond donors (Lipinski definition) is 1. The van der Waals surface area contributed by atoms with Crippen LogP contribution in [0.1, 0.15) is 62.5 Å². The predicted octanol–water partition coefficient (Wildman–Crippen LogP) is 5.42. The van der Waals surface area contributed by atoms with Gasteiger partial charge in [-0.25, -0.2) is 9.69 Å². The number of urea groups is 1. The van der Waals surface area contributed by atoms with Gasteiger partial charge in [-0.2, -0.15) is 0 Å². The monoisotopic (exact) mass is 495 g/mol. The fourth-order valence-corrected chi connectivity index (χ4v) is 8.24. The Morgan fingerprint density at radius 1 is 0.757 bits per heavy atom. The number of amides is 4. The van der Waals surface area contributed by atoms with Crippen molar-refractivity contribution in [3.8, 4) is 0 Å². The van der Waals surface area contributed by atoms with Gasteiger partial charge >= 0.3 is 6.03 Å². The third-order valence-corrected chi connectivity index (χ3v) is 9.55. The van der Waals surface area contributed by atoms with Crippen LogP contribution in [-0.2, 0) is 15.0 Å². The molecule has 4 saturated carbocycles. The summed E-state index contributed by atoms with van der Waals surface area (Å²) in [5.41, 5.74) is 3.97. The van der Waals surface area contributed by atoms with Gasteiger partial charge in [0, 0.05) is 18.8 Å². The fraction of sp³-hybridized carbons (Fsp3) is 0.452. The summed E-state index contributed by atoms with van der Waals surface area (Å²) < 4.78 is 0. The molecule has 2 aromatic rings. The zero-order valence-electron chi connectivity index (χ0n) is 21.1. The first-order chi connectivity index (χ1) is 18.0. The topological polar surface area (TPSA) is 69.7 Å². The Morgan fingerprint density at radius 3 is 1.92 bits per heavy atom. The largest absolute Gasteiger partial charge is 0.372 e. The lowest BCUT2D eigenvalue weighted by atomic mass is 9.48. The number of nitrogens with zero attached hydrogens (tertiary/aromatic N) is 2. The zero-order chi connectivity index (χ0) is 25.1. The maximum absolute atomic E-state index is 13.4. The van der Waals surface area contributed by atoms with E-state index in [4.69, 9.17) is 0 Å². The number of rotatable bonds is 4. The van der Waals surface area contributed by atoms with Crippen molar-refractivity contribution in [2.75, 3.05) is 22.9 Å². The molecule has 4 bridgehead atoms. The molecule has 4 aliphatic carbocycles. The summed E-state index contributed by atoms with van der Waals surface area (Å²) in [6.07, 6.45) is 12.0. The smallest absolute Gasteiger partial charge is 0.335 e. The van der Waals surface area contributed by atoms with Crippen LogP contribution in [0.25, 0.3) is 6.08 Å². The van der Waals surface area contributed by atoms with Gasteiger partial charge in [-0.05, 0) is 116 Å². The molecular weight excluding hydrogens is 462 g/mol. The fourth-order valence-electron chi connectivity index (χ4n) is 8.24. The average Bonchev–Trinajstić information content (AvgIpc) is 3.42. The SMILES string of the molecule is O=C1NC(=O)N(c2ccc(C34CC5CC(CC(C5)C3)C4)cc2)C(=O)/C1=C\c1ccc(N2CCCC2)cc1. The maximum atomic E-state index is 13.4. The summed E-state index contributed by atoms with van der Waals surface area (Å²) in [7, 11) is 0. The second-order valence-corrected chi connectivity index (χ2v) is 12.0. The molecule has 0 unspecified atom stereocenters. The van der Waals surface area contributed by atoms with Gasteiger partial charge in [0.1, 0.15) is 5.57 Å². The van der Waals surface area contributed by atoms with E-state index in [2.05, 4.69) is 22.3 Å². The number of hydrogen-bond acceptors (Lipinski definition) is 4. The molecule has 2 aliphatic heterocycles. The molecule has 0 atom stereocenters. The van der Waals surface area contributed by atoms with E-state index in [-0.39, 0.29) is 11.0 Å². The highest BCUT2D eigenvalue weighted by molar-refractivity contribution is 6.39. The lowest BCUT2D eigenvalue weighted by Gasteiger charge is -2.57. The van der Waals surface area contributed by atoms with Crippen LogP contribution in [0.15, 0.2) is 54.1 Å². The number of imide groups is 2. The van der Waals surface area contributed by atoms with Gasteiger partial charge in [0.05, 0.1) is 5.69 Å². The highest BCUT2D eigenvalue weighted by atomic mass is 16.2. The first kappa shape index (κ1) is 22.8. The number of nitrogens with one attached hydrogen (secondary N) is 1. The van der Waals surface area contributed by atoms with Crippen LogP contribution in [-0.4, -0.2) is 30.9 Å². The molecule has 6 fully saturated rings. The Kier molecular flexibility index (Phi) is 5.27. The Morgan fingerprint density at radius 2 is 1.32 bits per heavy atom. The molecule has 37 heavy (non-hydrogen) atoms. The van der Waals surface area contributed by atoms with Crippen molar-refractivity contribution in [3.05, 3.63) is 65.2 Å². The van der Waals surface area contributed by atoms with E-state index in [1.165, 1.54) is 56.9 Å². The molecule has 0 radical (unpaired) electrons. The molecular formula is C31H33N3O3. The van der Waals surface area contributed by atoms with E-state index in [1.807, 2.05) is 36.4 Å². The first-order valence-corrected chi connectivity index (χ1v) is 13.8. The minimum Gasteiger partial charge on any atom is -0.372 e. The van der Waals surface area contributed by atoms with Gasteiger partial charge in [-0.1, -0.05) is 24.3 Å². The van der Waals surface area contributed by atoms with Gasteiger partial charge in [0.2, 0.25) is 0 Å². The Bertz CT molecular complexity index is 1250. The Hall–Kier alpha value is -3.41. The molecule has 2 aromatic carbocycles.